The zero-order chi connectivity index (χ0) is 17.6. The van der Waals surface area contributed by atoms with Crippen molar-refractivity contribution in [3.8, 4) is 5.75 Å². The lowest BCUT2D eigenvalue weighted by Gasteiger charge is -2.19. The predicted molar refractivity (Wildman–Crippen MR) is 102 cm³/mol. The lowest BCUT2D eigenvalue weighted by molar-refractivity contribution is 0.250. The van der Waals surface area contributed by atoms with E-state index in [1.54, 1.807) is 7.11 Å². The molecule has 1 aliphatic rings. The fourth-order valence-corrected chi connectivity index (χ4v) is 3.09. The number of methoxy groups -OCH3 is 1. The number of benzene rings is 2. The Balaban J connectivity index is 1.46. The summed E-state index contributed by atoms with van der Waals surface area (Å²) in [5, 5.41) is 5.85. The Kier molecular flexibility index (Phi) is 5.43. The minimum Gasteiger partial charge on any atom is -0.497 e. The minimum atomic E-state index is -0.149. The number of hydrogen-bond acceptors (Lipinski definition) is 3. The van der Waals surface area contributed by atoms with Crippen LogP contribution in [-0.2, 0) is 0 Å². The van der Waals surface area contributed by atoms with Gasteiger partial charge in [0.15, 0.2) is 0 Å². The molecule has 1 unspecified atom stereocenters. The van der Waals surface area contributed by atoms with Crippen LogP contribution in [0.3, 0.4) is 0 Å². The van der Waals surface area contributed by atoms with Crippen LogP contribution in [-0.4, -0.2) is 32.8 Å². The quantitative estimate of drug-likeness (QED) is 0.874. The summed E-state index contributed by atoms with van der Waals surface area (Å²) in [4.78, 5) is 14.4. The molecule has 132 valence electrons. The van der Waals surface area contributed by atoms with Crippen molar-refractivity contribution in [1.29, 1.82) is 0 Å². The average Bonchev–Trinajstić information content (AvgIpc) is 3.11. The van der Waals surface area contributed by atoms with Gasteiger partial charge in [-0.3, -0.25) is 0 Å². The number of anilines is 2. The molecule has 0 aliphatic carbocycles. The van der Waals surface area contributed by atoms with Gasteiger partial charge in [-0.25, -0.2) is 4.79 Å². The summed E-state index contributed by atoms with van der Waals surface area (Å²) in [7, 11) is 1.68. The standard InChI is InChI=1S/C20H25N3O2/c1-15-6-8-17(9-7-15)22-20(24)21-13-16-10-11-23(14-16)18-4-3-5-19(12-18)25-2/h3-9,12,16H,10-11,13-14H2,1-2H3,(H2,21,22,24). The number of nitrogens with one attached hydrogen (secondary N) is 2. The predicted octanol–water partition coefficient (Wildman–Crippen LogP) is 3.65. The van der Waals surface area contributed by atoms with E-state index in [0.717, 1.165) is 30.9 Å². The molecule has 1 saturated heterocycles. The fourth-order valence-electron chi connectivity index (χ4n) is 3.09. The van der Waals surface area contributed by atoms with Crippen LogP contribution in [0.2, 0.25) is 0 Å². The third-order valence-corrected chi connectivity index (χ3v) is 4.57. The molecule has 1 heterocycles. The number of carbonyl (C=O) groups excluding carboxylic acids is 1. The molecule has 0 saturated carbocycles. The third kappa shape index (κ3) is 4.66. The summed E-state index contributed by atoms with van der Waals surface area (Å²) in [5.74, 6) is 1.33. The summed E-state index contributed by atoms with van der Waals surface area (Å²) in [6.45, 7) is 4.65. The van der Waals surface area contributed by atoms with Gasteiger partial charge in [-0.05, 0) is 43.5 Å². The van der Waals surface area contributed by atoms with Crippen molar-refractivity contribution in [2.24, 2.45) is 5.92 Å². The smallest absolute Gasteiger partial charge is 0.319 e. The zero-order valence-electron chi connectivity index (χ0n) is 14.8. The Labute approximate surface area is 149 Å². The maximum absolute atomic E-state index is 12.0. The highest BCUT2D eigenvalue weighted by Crippen LogP contribution is 2.26. The summed E-state index contributed by atoms with van der Waals surface area (Å²) in [6, 6.07) is 15.8. The summed E-state index contributed by atoms with van der Waals surface area (Å²) < 4.78 is 5.29. The third-order valence-electron chi connectivity index (χ3n) is 4.57. The second-order valence-electron chi connectivity index (χ2n) is 6.50. The van der Waals surface area contributed by atoms with E-state index < -0.39 is 0 Å². The zero-order valence-corrected chi connectivity index (χ0v) is 14.8. The van der Waals surface area contributed by atoms with E-state index >= 15 is 0 Å². The lowest BCUT2D eigenvalue weighted by Crippen LogP contribution is -2.34. The van der Waals surface area contributed by atoms with E-state index in [4.69, 9.17) is 4.74 Å². The molecule has 5 heteroatoms. The molecule has 3 rings (SSSR count). The van der Waals surface area contributed by atoms with Crippen LogP contribution in [0.4, 0.5) is 16.2 Å². The molecule has 1 fully saturated rings. The number of rotatable bonds is 5. The normalized spacial score (nSPS) is 16.6. The molecule has 0 aromatic heterocycles. The maximum Gasteiger partial charge on any atom is 0.319 e. The molecule has 0 bridgehead atoms. The molecule has 2 amide bonds. The fraction of sp³-hybridized carbons (Fsp3) is 0.350. The number of hydrogen-bond donors (Lipinski definition) is 2. The number of aryl methyl sites for hydroxylation is 1. The Hall–Kier alpha value is -2.69. The van der Waals surface area contributed by atoms with E-state index in [1.807, 2.05) is 43.3 Å². The Morgan fingerprint density at radius 3 is 2.80 bits per heavy atom. The first kappa shape index (κ1) is 17.1. The molecule has 1 atom stereocenters. The first-order chi connectivity index (χ1) is 12.1. The molecule has 5 nitrogen and oxygen atoms in total. The first-order valence-electron chi connectivity index (χ1n) is 8.64. The van der Waals surface area contributed by atoms with Gasteiger partial charge in [0.25, 0.3) is 0 Å². The van der Waals surface area contributed by atoms with Crippen molar-refractivity contribution in [3.05, 3.63) is 54.1 Å². The number of nitrogens with zero attached hydrogens (tertiary/aromatic N) is 1. The summed E-state index contributed by atoms with van der Waals surface area (Å²) in [5.41, 5.74) is 3.16. The van der Waals surface area contributed by atoms with Crippen LogP contribution in [0.25, 0.3) is 0 Å². The maximum atomic E-state index is 12.0. The number of ether oxygens (including phenoxy) is 1. The van der Waals surface area contributed by atoms with Gasteiger partial charge in [0, 0.05) is 37.1 Å². The molecule has 0 radical (unpaired) electrons. The molecule has 0 spiro atoms. The van der Waals surface area contributed by atoms with E-state index in [-0.39, 0.29) is 6.03 Å². The van der Waals surface area contributed by atoms with Gasteiger partial charge < -0.3 is 20.3 Å². The van der Waals surface area contributed by atoms with Crippen molar-refractivity contribution in [2.75, 3.05) is 37.0 Å². The first-order valence-corrected chi connectivity index (χ1v) is 8.64. The Bertz CT molecular complexity index is 715. The second kappa shape index (κ2) is 7.92. The van der Waals surface area contributed by atoms with Gasteiger partial charge in [0.05, 0.1) is 7.11 Å². The van der Waals surface area contributed by atoms with Crippen LogP contribution in [0, 0.1) is 12.8 Å². The van der Waals surface area contributed by atoms with Crippen molar-refractivity contribution in [2.45, 2.75) is 13.3 Å². The van der Waals surface area contributed by atoms with Gasteiger partial charge in [-0.2, -0.15) is 0 Å². The summed E-state index contributed by atoms with van der Waals surface area (Å²) in [6.07, 6.45) is 1.07. The molecule has 2 N–H and O–H groups in total. The van der Waals surface area contributed by atoms with Crippen molar-refractivity contribution in [1.82, 2.24) is 5.32 Å². The Morgan fingerprint density at radius 2 is 2.04 bits per heavy atom. The average molecular weight is 339 g/mol. The van der Waals surface area contributed by atoms with Crippen LogP contribution in [0.15, 0.2) is 48.5 Å². The number of carbonyl (C=O) groups is 1. The van der Waals surface area contributed by atoms with E-state index in [1.165, 1.54) is 11.3 Å². The monoisotopic (exact) mass is 339 g/mol. The summed E-state index contributed by atoms with van der Waals surface area (Å²) >= 11 is 0. The lowest BCUT2D eigenvalue weighted by atomic mass is 10.1. The van der Waals surface area contributed by atoms with Crippen LogP contribution < -0.4 is 20.3 Å². The molecular formula is C20H25N3O2. The van der Waals surface area contributed by atoms with Crippen molar-refractivity contribution < 1.29 is 9.53 Å². The number of amides is 2. The second-order valence-corrected chi connectivity index (χ2v) is 6.50. The topological polar surface area (TPSA) is 53.6 Å². The van der Waals surface area contributed by atoms with E-state index in [2.05, 4.69) is 27.7 Å². The molecule has 1 aliphatic heterocycles. The highest BCUT2D eigenvalue weighted by atomic mass is 16.5. The van der Waals surface area contributed by atoms with E-state index in [0.29, 0.717) is 12.5 Å². The Morgan fingerprint density at radius 1 is 1.24 bits per heavy atom. The number of urea groups is 1. The minimum absolute atomic E-state index is 0.149. The largest absolute Gasteiger partial charge is 0.497 e. The molecular weight excluding hydrogens is 314 g/mol. The molecule has 2 aromatic carbocycles. The van der Waals surface area contributed by atoms with Gasteiger partial charge in [0.1, 0.15) is 5.75 Å². The highest BCUT2D eigenvalue weighted by molar-refractivity contribution is 5.89. The SMILES string of the molecule is COc1cccc(N2CCC(CNC(=O)Nc3ccc(C)cc3)C2)c1. The van der Waals surface area contributed by atoms with Crippen LogP contribution >= 0.6 is 0 Å². The molecule has 25 heavy (non-hydrogen) atoms. The van der Waals surface area contributed by atoms with Crippen LogP contribution in [0.5, 0.6) is 5.75 Å². The van der Waals surface area contributed by atoms with Gasteiger partial charge >= 0.3 is 6.03 Å². The van der Waals surface area contributed by atoms with E-state index in [9.17, 15) is 4.79 Å². The van der Waals surface area contributed by atoms with Crippen molar-refractivity contribution >= 4 is 17.4 Å². The van der Waals surface area contributed by atoms with Gasteiger partial charge in [0.2, 0.25) is 0 Å². The van der Waals surface area contributed by atoms with Gasteiger partial charge in [-0.15, -0.1) is 0 Å². The van der Waals surface area contributed by atoms with Crippen molar-refractivity contribution in [3.63, 3.8) is 0 Å². The van der Waals surface area contributed by atoms with Gasteiger partial charge in [-0.1, -0.05) is 23.8 Å². The molecule has 2 aromatic rings. The van der Waals surface area contributed by atoms with Crippen LogP contribution in [0.1, 0.15) is 12.0 Å². The highest BCUT2D eigenvalue weighted by Gasteiger charge is 2.23.